The van der Waals surface area contributed by atoms with Gasteiger partial charge in [0.25, 0.3) is 0 Å². The normalized spacial score (nSPS) is 18.1. The molecule has 9 nitrogen and oxygen atoms in total. The van der Waals surface area contributed by atoms with Crippen molar-refractivity contribution in [1.29, 1.82) is 0 Å². The van der Waals surface area contributed by atoms with E-state index < -0.39 is 11.3 Å². The van der Waals surface area contributed by atoms with Crippen LogP contribution < -0.4 is 10.6 Å². The Morgan fingerprint density at radius 2 is 1.80 bits per heavy atom. The molecule has 0 saturated carbocycles. The first-order valence-electron chi connectivity index (χ1n) is 13.7. The Balaban J connectivity index is 1.82. The Bertz CT molecular complexity index is 1470. The Hall–Kier alpha value is -2.91. The second kappa shape index (κ2) is 11.5. The number of aromatic nitrogens is 4. The van der Waals surface area contributed by atoms with Crippen LogP contribution in [0.15, 0.2) is 23.1 Å². The average molecular weight is 590 g/mol. The van der Waals surface area contributed by atoms with Crippen molar-refractivity contribution >= 4 is 46.1 Å². The van der Waals surface area contributed by atoms with E-state index in [1.165, 1.54) is 0 Å². The summed E-state index contributed by atoms with van der Waals surface area (Å²) in [5.74, 6) is 0.641. The fourth-order valence-corrected chi connectivity index (χ4v) is 5.69. The molecule has 1 amide bonds. The first-order valence-corrected chi connectivity index (χ1v) is 14.5. The lowest BCUT2D eigenvalue weighted by molar-refractivity contribution is 0.0192. The molecule has 0 bridgehead atoms. The maximum absolute atomic E-state index is 13.7. The number of anilines is 1. The Labute approximate surface area is 245 Å². The number of carbonyl (C=O) groups excluding carboxylic acids is 1. The van der Waals surface area contributed by atoms with Gasteiger partial charge in [-0.3, -0.25) is 9.55 Å². The lowest BCUT2D eigenvalue weighted by Crippen LogP contribution is -2.59. The number of ether oxygens (including phenoxy) is 1. The van der Waals surface area contributed by atoms with Crippen molar-refractivity contribution in [3.63, 3.8) is 0 Å². The lowest BCUT2D eigenvalue weighted by Gasteiger charge is -2.45. The zero-order valence-electron chi connectivity index (χ0n) is 24.5. The van der Waals surface area contributed by atoms with Crippen LogP contribution in [-0.2, 0) is 17.7 Å². The van der Waals surface area contributed by atoms with Gasteiger partial charge in [-0.15, -0.1) is 0 Å². The molecule has 0 spiro atoms. The second-order valence-corrected chi connectivity index (χ2v) is 12.5. The number of rotatable bonds is 5. The van der Waals surface area contributed by atoms with E-state index in [2.05, 4.69) is 40.6 Å². The maximum Gasteiger partial charge on any atom is 0.410 e. The van der Waals surface area contributed by atoms with Crippen LogP contribution in [0.2, 0.25) is 10.2 Å². The highest BCUT2D eigenvalue weighted by Crippen LogP contribution is 2.33. The number of hydrogen-bond donors (Lipinski definition) is 0. The number of nitrogens with zero attached hydrogens (tertiary/aromatic N) is 6. The van der Waals surface area contributed by atoms with E-state index in [-0.39, 0.29) is 40.8 Å². The summed E-state index contributed by atoms with van der Waals surface area (Å²) in [7, 11) is 0. The molecular weight excluding hydrogens is 551 g/mol. The van der Waals surface area contributed by atoms with Crippen molar-refractivity contribution < 1.29 is 9.53 Å². The number of pyridine rings is 2. The highest BCUT2D eigenvalue weighted by molar-refractivity contribution is 6.41. The van der Waals surface area contributed by atoms with Gasteiger partial charge in [0.1, 0.15) is 22.2 Å². The third-order valence-electron chi connectivity index (χ3n) is 7.09. The smallest absolute Gasteiger partial charge is 0.410 e. The van der Waals surface area contributed by atoms with Crippen molar-refractivity contribution in [3.05, 3.63) is 55.8 Å². The van der Waals surface area contributed by atoms with Crippen LogP contribution in [-0.4, -0.2) is 61.3 Å². The number of aryl methyl sites for hydroxylation is 1. The summed E-state index contributed by atoms with van der Waals surface area (Å²) in [5.41, 5.74) is 2.40. The SMILES string of the molecule is CCc1ccnc(C(C)C)c1Cn1c(=O)nc(N2[C@@H](C)CN(C(=O)OC(C)(C)C)C[C@@H]2C)c2cc(Cl)c(Cl)nc21. The molecule has 40 heavy (non-hydrogen) atoms. The van der Waals surface area contributed by atoms with Gasteiger partial charge < -0.3 is 14.5 Å². The third kappa shape index (κ3) is 6.05. The predicted octanol–water partition coefficient (Wildman–Crippen LogP) is 6.06. The first kappa shape index (κ1) is 30.1. The third-order valence-corrected chi connectivity index (χ3v) is 7.76. The average Bonchev–Trinajstić information content (AvgIpc) is 2.85. The molecule has 0 aromatic carbocycles. The number of fused-ring (bicyclic) bond motifs is 1. The van der Waals surface area contributed by atoms with Crippen LogP contribution >= 0.6 is 23.2 Å². The molecule has 11 heteroatoms. The van der Waals surface area contributed by atoms with Gasteiger partial charge in [-0.05, 0) is 70.2 Å². The number of halogens is 2. The van der Waals surface area contributed by atoms with Gasteiger partial charge in [-0.25, -0.2) is 14.6 Å². The summed E-state index contributed by atoms with van der Waals surface area (Å²) in [4.78, 5) is 44.1. The molecule has 216 valence electrons. The van der Waals surface area contributed by atoms with Crippen molar-refractivity contribution in [2.45, 2.75) is 92.0 Å². The van der Waals surface area contributed by atoms with E-state index in [0.29, 0.717) is 29.9 Å². The Kier molecular flexibility index (Phi) is 8.66. The zero-order valence-corrected chi connectivity index (χ0v) is 26.0. The molecule has 3 aromatic rings. The van der Waals surface area contributed by atoms with Gasteiger partial charge >= 0.3 is 11.8 Å². The molecule has 2 atom stereocenters. The summed E-state index contributed by atoms with van der Waals surface area (Å²) >= 11 is 12.9. The van der Waals surface area contributed by atoms with Gasteiger partial charge in [0.2, 0.25) is 0 Å². The monoisotopic (exact) mass is 588 g/mol. The van der Waals surface area contributed by atoms with Crippen molar-refractivity contribution in [1.82, 2.24) is 24.4 Å². The van der Waals surface area contributed by atoms with Gasteiger partial charge in [-0.1, -0.05) is 44.0 Å². The fourth-order valence-electron chi connectivity index (χ4n) is 5.40. The summed E-state index contributed by atoms with van der Waals surface area (Å²) in [6.45, 7) is 16.9. The minimum Gasteiger partial charge on any atom is -0.444 e. The van der Waals surface area contributed by atoms with Crippen LogP contribution in [0.5, 0.6) is 0 Å². The Morgan fingerprint density at radius 3 is 2.38 bits per heavy atom. The van der Waals surface area contributed by atoms with E-state index >= 15 is 0 Å². The molecule has 0 N–H and O–H groups in total. The first-order chi connectivity index (χ1) is 18.7. The molecule has 0 aliphatic carbocycles. The van der Waals surface area contributed by atoms with Crippen molar-refractivity contribution in [3.8, 4) is 0 Å². The molecule has 0 radical (unpaired) electrons. The Morgan fingerprint density at radius 1 is 1.15 bits per heavy atom. The zero-order chi connectivity index (χ0) is 29.5. The highest BCUT2D eigenvalue weighted by atomic mass is 35.5. The van der Waals surface area contributed by atoms with E-state index in [4.69, 9.17) is 27.9 Å². The van der Waals surface area contributed by atoms with Crippen LogP contribution in [0.1, 0.15) is 78.1 Å². The number of amides is 1. The minimum absolute atomic E-state index is 0.112. The van der Waals surface area contributed by atoms with E-state index in [1.54, 1.807) is 15.5 Å². The number of piperazine rings is 1. The molecule has 4 rings (SSSR count). The quantitative estimate of drug-likeness (QED) is 0.334. The molecule has 4 heterocycles. The summed E-state index contributed by atoms with van der Waals surface area (Å²) in [6.07, 6.45) is 2.25. The van der Waals surface area contributed by atoms with Crippen molar-refractivity contribution in [2.24, 2.45) is 0 Å². The second-order valence-electron chi connectivity index (χ2n) is 11.8. The largest absolute Gasteiger partial charge is 0.444 e. The molecule has 1 aliphatic heterocycles. The molecule has 1 saturated heterocycles. The van der Waals surface area contributed by atoms with E-state index in [0.717, 1.165) is 23.2 Å². The molecule has 1 fully saturated rings. The predicted molar refractivity (Wildman–Crippen MR) is 160 cm³/mol. The van der Waals surface area contributed by atoms with Gasteiger partial charge in [0.05, 0.1) is 17.0 Å². The van der Waals surface area contributed by atoms with Crippen LogP contribution in [0.3, 0.4) is 0 Å². The summed E-state index contributed by atoms with van der Waals surface area (Å²) in [5, 5.41) is 1.00. The minimum atomic E-state index is -0.591. The van der Waals surface area contributed by atoms with Crippen molar-refractivity contribution in [2.75, 3.05) is 18.0 Å². The number of hydrogen-bond acceptors (Lipinski definition) is 7. The van der Waals surface area contributed by atoms with E-state index in [9.17, 15) is 9.59 Å². The summed E-state index contributed by atoms with van der Waals surface area (Å²) < 4.78 is 7.15. The maximum atomic E-state index is 13.7. The fraction of sp³-hybridized carbons (Fsp3) is 0.552. The van der Waals surface area contributed by atoms with Gasteiger partial charge in [0, 0.05) is 37.1 Å². The molecule has 3 aromatic heterocycles. The van der Waals surface area contributed by atoms with Crippen LogP contribution in [0.4, 0.5) is 10.6 Å². The molecule has 0 unspecified atom stereocenters. The highest BCUT2D eigenvalue weighted by Gasteiger charge is 2.36. The van der Waals surface area contributed by atoms with Crippen LogP contribution in [0.25, 0.3) is 11.0 Å². The van der Waals surface area contributed by atoms with Crippen LogP contribution in [0, 0.1) is 0 Å². The van der Waals surface area contributed by atoms with Gasteiger partial charge in [0.15, 0.2) is 0 Å². The van der Waals surface area contributed by atoms with Gasteiger partial charge in [-0.2, -0.15) is 4.98 Å². The standard InChI is InChI=1S/C29H38Cl2N6O3/c1-9-19-10-11-32-23(16(2)3)21(19)15-36-25-20(12-22(30)24(31)33-25)26(34-27(36)38)37-17(4)13-35(14-18(37)5)28(39)40-29(6,7)8/h10-12,16-18H,9,13-15H2,1-8H3/t17-,18-/m0/s1. The van der Waals surface area contributed by atoms with E-state index in [1.807, 2.05) is 46.9 Å². The number of carbonyl (C=O) groups is 1. The molecular formula is C29H38Cl2N6O3. The lowest BCUT2D eigenvalue weighted by atomic mass is 9.97. The topological polar surface area (TPSA) is 93.5 Å². The summed E-state index contributed by atoms with van der Waals surface area (Å²) in [6, 6.07) is 3.39. The molecule has 1 aliphatic rings.